The molecule has 0 bridgehead atoms. The van der Waals surface area contributed by atoms with E-state index in [-0.39, 0.29) is 22.0 Å². The maximum atomic E-state index is 11.9. The molecule has 3 unspecified atom stereocenters. The van der Waals surface area contributed by atoms with Crippen LogP contribution in [0.1, 0.15) is 65.7 Å². The zero-order valence-electron chi connectivity index (χ0n) is 17.8. The monoisotopic (exact) mass is 420 g/mol. The van der Waals surface area contributed by atoms with Gasteiger partial charge < -0.3 is 9.47 Å². The van der Waals surface area contributed by atoms with E-state index in [0.717, 1.165) is 38.5 Å². The van der Waals surface area contributed by atoms with Crippen LogP contribution in [0, 0.1) is 22.7 Å². The molecule has 160 valence electrons. The van der Waals surface area contributed by atoms with Gasteiger partial charge >= 0.3 is 6.16 Å². The third-order valence-corrected chi connectivity index (χ3v) is 7.65. The van der Waals surface area contributed by atoms with Crippen molar-refractivity contribution < 1.29 is 23.9 Å². The van der Waals surface area contributed by atoms with Gasteiger partial charge in [0.25, 0.3) is 0 Å². The Morgan fingerprint density at radius 2 is 1.86 bits per heavy atom. The van der Waals surface area contributed by atoms with Crippen molar-refractivity contribution in [3.05, 3.63) is 23.3 Å². The highest BCUT2D eigenvalue weighted by atomic mass is 32.1. The van der Waals surface area contributed by atoms with Gasteiger partial charge in [0.1, 0.15) is 6.10 Å². The first-order chi connectivity index (χ1) is 13.6. The zero-order valence-corrected chi connectivity index (χ0v) is 18.7. The minimum atomic E-state index is -0.562. The second-order valence-electron chi connectivity index (χ2n) is 9.25. The summed E-state index contributed by atoms with van der Waals surface area (Å²) in [5, 5.41) is -0.139. The van der Waals surface area contributed by atoms with Crippen molar-refractivity contribution in [3.63, 3.8) is 0 Å². The fourth-order valence-electron chi connectivity index (χ4n) is 6.17. The second-order valence-corrected chi connectivity index (χ2v) is 9.88. The number of hydrogen-bond acceptors (Lipinski definition) is 5. The third kappa shape index (κ3) is 4.05. The number of rotatable bonds is 1. The van der Waals surface area contributed by atoms with Crippen molar-refractivity contribution >= 4 is 29.7 Å². The largest absolute Gasteiger partial charge is 0.508 e. The molecule has 0 heterocycles. The molecule has 0 aromatic heterocycles. The van der Waals surface area contributed by atoms with Gasteiger partial charge in [0.05, 0.1) is 7.11 Å². The number of carbonyl (C=O) groups excluding carboxylic acids is 3. The van der Waals surface area contributed by atoms with E-state index in [1.165, 1.54) is 19.6 Å². The van der Waals surface area contributed by atoms with Crippen molar-refractivity contribution in [2.45, 2.75) is 71.8 Å². The lowest BCUT2D eigenvalue weighted by atomic mass is 9.52. The Balaban J connectivity index is 0.000000552. The van der Waals surface area contributed by atoms with Crippen molar-refractivity contribution in [1.29, 1.82) is 0 Å². The summed E-state index contributed by atoms with van der Waals surface area (Å²) in [7, 11) is 1.37. The number of allylic oxidation sites excluding steroid dienone is 4. The first-order valence-corrected chi connectivity index (χ1v) is 10.9. The Hall–Kier alpha value is -1.56. The van der Waals surface area contributed by atoms with Crippen molar-refractivity contribution in [2.24, 2.45) is 22.7 Å². The van der Waals surface area contributed by atoms with Crippen LogP contribution >= 0.6 is 12.6 Å². The van der Waals surface area contributed by atoms with Crippen LogP contribution in [0.2, 0.25) is 0 Å². The molecule has 4 aliphatic rings. The number of methoxy groups -OCH3 is 1. The molecule has 0 aliphatic heterocycles. The summed E-state index contributed by atoms with van der Waals surface area (Å²) in [6.45, 7) is 6.01. The van der Waals surface area contributed by atoms with Gasteiger partial charge in [0.15, 0.2) is 10.9 Å². The first kappa shape index (κ1) is 22.1. The van der Waals surface area contributed by atoms with Gasteiger partial charge in [-0.2, -0.15) is 0 Å². The molecule has 0 N–H and O–H groups in total. The lowest BCUT2D eigenvalue weighted by Gasteiger charge is -2.53. The van der Waals surface area contributed by atoms with Gasteiger partial charge in [-0.1, -0.05) is 31.1 Å². The number of ketones is 1. The molecule has 0 saturated heterocycles. The summed E-state index contributed by atoms with van der Waals surface area (Å²) in [5.41, 5.74) is 2.97. The van der Waals surface area contributed by atoms with Crippen molar-refractivity contribution in [2.75, 3.05) is 7.11 Å². The van der Waals surface area contributed by atoms with Crippen LogP contribution in [0.3, 0.4) is 0 Å². The lowest BCUT2D eigenvalue weighted by molar-refractivity contribution is -0.115. The Morgan fingerprint density at radius 3 is 2.52 bits per heavy atom. The lowest BCUT2D eigenvalue weighted by Crippen LogP contribution is -2.46. The maximum Gasteiger partial charge on any atom is 0.508 e. The summed E-state index contributed by atoms with van der Waals surface area (Å²) < 4.78 is 10.3. The van der Waals surface area contributed by atoms with E-state index in [1.807, 2.05) is 6.08 Å². The van der Waals surface area contributed by atoms with Crippen molar-refractivity contribution in [3.8, 4) is 0 Å². The SMILES string of the molecule is CC(=O)S.COC(=O)OC1CCC2C3CCC4=CC(=O)CC[C@]4(C)C3=CC[C@]12C. The highest BCUT2D eigenvalue weighted by molar-refractivity contribution is 7.96. The van der Waals surface area contributed by atoms with Crippen LogP contribution in [-0.2, 0) is 19.1 Å². The highest BCUT2D eigenvalue weighted by Crippen LogP contribution is 2.63. The van der Waals surface area contributed by atoms with Crippen LogP contribution in [0.5, 0.6) is 0 Å². The number of ether oxygens (including phenoxy) is 2. The molecule has 2 fully saturated rings. The normalized spacial score (nSPS) is 37.6. The minimum absolute atomic E-state index is 0.00439. The topological polar surface area (TPSA) is 69.7 Å². The van der Waals surface area contributed by atoms with Crippen LogP contribution < -0.4 is 0 Å². The van der Waals surface area contributed by atoms with E-state index >= 15 is 0 Å². The molecule has 4 aliphatic carbocycles. The molecule has 5 atom stereocenters. The van der Waals surface area contributed by atoms with Crippen LogP contribution in [0.15, 0.2) is 23.3 Å². The minimum Gasteiger partial charge on any atom is -0.438 e. The number of thiol groups is 1. The third-order valence-electron chi connectivity index (χ3n) is 7.65. The van der Waals surface area contributed by atoms with Crippen LogP contribution in [0.4, 0.5) is 4.79 Å². The Kier molecular flexibility index (Phi) is 6.32. The molecular formula is C23H32O5S. The van der Waals surface area contributed by atoms with E-state index in [9.17, 15) is 14.4 Å². The van der Waals surface area contributed by atoms with E-state index in [2.05, 4.69) is 32.6 Å². The highest BCUT2D eigenvalue weighted by Gasteiger charge is 2.57. The van der Waals surface area contributed by atoms with Gasteiger partial charge in [-0.15, -0.1) is 12.6 Å². The van der Waals surface area contributed by atoms with E-state index in [0.29, 0.717) is 24.0 Å². The average Bonchev–Trinajstić information content (AvgIpc) is 2.98. The van der Waals surface area contributed by atoms with E-state index in [1.54, 1.807) is 5.57 Å². The quantitative estimate of drug-likeness (QED) is 0.365. The molecular weight excluding hydrogens is 388 g/mol. The van der Waals surface area contributed by atoms with Gasteiger partial charge in [0.2, 0.25) is 0 Å². The van der Waals surface area contributed by atoms with Crippen molar-refractivity contribution in [1.82, 2.24) is 0 Å². The first-order valence-electron chi connectivity index (χ1n) is 10.5. The zero-order chi connectivity index (χ0) is 21.4. The number of carbonyl (C=O) groups is 3. The Labute approximate surface area is 178 Å². The fourth-order valence-corrected chi connectivity index (χ4v) is 6.17. The second kappa shape index (κ2) is 8.29. The average molecular weight is 421 g/mol. The van der Waals surface area contributed by atoms with Crippen LogP contribution in [-0.4, -0.2) is 30.3 Å². The number of fused-ring (bicyclic) bond motifs is 5. The summed E-state index contributed by atoms with van der Waals surface area (Å²) in [4.78, 5) is 32.8. The summed E-state index contributed by atoms with van der Waals surface area (Å²) in [5.74, 6) is 1.40. The fraction of sp³-hybridized carbons (Fsp3) is 0.696. The van der Waals surface area contributed by atoms with Gasteiger partial charge in [0, 0.05) is 24.2 Å². The Morgan fingerprint density at radius 1 is 1.17 bits per heavy atom. The summed E-state index contributed by atoms with van der Waals surface area (Å²) in [6, 6.07) is 0. The molecule has 0 aromatic rings. The summed E-state index contributed by atoms with van der Waals surface area (Å²) >= 11 is 3.33. The molecule has 4 rings (SSSR count). The number of hydrogen-bond donors (Lipinski definition) is 1. The molecule has 0 spiro atoms. The molecule has 0 radical (unpaired) electrons. The smallest absolute Gasteiger partial charge is 0.438 e. The molecule has 29 heavy (non-hydrogen) atoms. The molecule has 6 heteroatoms. The van der Waals surface area contributed by atoms with E-state index < -0.39 is 6.16 Å². The predicted octanol–water partition coefficient (Wildman–Crippen LogP) is 5.05. The molecule has 5 nitrogen and oxygen atoms in total. The summed E-state index contributed by atoms with van der Waals surface area (Å²) in [6.07, 6.45) is 10.5. The van der Waals surface area contributed by atoms with Crippen LogP contribution in [0.25, 0.3) is 0 Å². The molecule has 0 aromatic carbocycles. The van der Waals surface area contributed by atoms with Gasteiger partial charge in [-0.05, 0) is 56.4 Å². The predicted molar refractivity (Wildman–Crippen MR) is 114 cm³/mol. The Bertz CT molecular complexity index is 765. The van der Waals surface area contributed by atoms with Gasteiger partial charge in [-0.25, -0.2) is 4.79 Å². The molecule has 2 saturated carbocycles. The standard InChI is InChI=1S/C21H28O4.C2H4OS/c1-20-10-8-14(22)12-13(20)4-5-15-16-6-7-18(25-19(23)24-3)21(16,2)11-9-17(15)20;1-2(3)4/h9,12,15-16,18H,4-8,10-11H2,1-3H3;1H3,(H,3,4)/t15?,16?,18?,20-,21-;/m0./s1. The maximum absolute atomic E-state index is 11.9. The van der Waals surface area contributed by atoms with Gasteiger partial charge in [-0.3, -0.25) is 9.59 Å². The van der Waals surface area contributed by atoms with E-state index in [4.69, 9.17) is 9.47 Å². The molecule has 0 amide bonds.